The van der Waals surface area contributed by atoms with Crippen LogP contribution in [0.25, 0.3) is 16.9 Å². The molecular weight excluding hydrogens is 400 g/mol. The number of hydrogen-bond acceptors (Lipinski definition) is 7. The van der Waals surface area contributed by atoms with Crippen LogP contribution < -0.4 is 10.1 Å². The molecule has 0 fully saturated rings. The molecule has 0 saturated carbocycles. The molecule has 2 heterocycles. The fraction of sp³-hybridized carbons (Fsp3) is 0.190. The summed E-state index contributed by atoms with van der Waals surface area (Å²) in [7, 11) is 1.61. The number of rotatable bonds is 6. The van der Waals surface area contributed by atoms with Crippen LogP contribution in [0.2, 0.25) is 0 Å². The van der Waals surface area contributed by atoms with Gasteiger partial charge in [0.1, 0.15) is 17.1 Å². The van der Waals surface area contributed by atoms with Crippen LogP contribution in [0.15, 0.2) is 53.8 Å². The third-order valence-corrected chi connectivity index (χ3v) is 5.33. The number of aryl methyl sites for hydroxylation is 2. The Labute approximate surface area is 177 Å². The summed E-state index contributed by atoms with van der Waals surface area (Å²) in [4.78, 5) is 21.0. The Bertz CT molecular complexity index is 1200. The second-order valence-corrected chi connectivity index (χ2v) is 7.73. The SMILES string of the molecule is COc1cccc(-n2nnc3c(SCC(=O)Nc4cc(C)cc(C)c4)ncnc32)c1. The van der Waals surface area contributed by atoms with Crippen LogP contribution in [0, 0.1) is 13.8 Å². The minimum absolute atomic E-state index is 0.114. The molecule has 0 aliphatic carbocycles. The van der Waals surface area contributed by atoms with E-state index >= 15 is 0 Å². The summed E-state index contributed by atoms with van der Waals surface area (Å²) >= 11 is 1.30. The van der Waals surface area contributed by atoms with Crippen molar-refractivity contribution < 1.29 is 9.53 Å². The van der Waals surface area contributed by atoms with Gasteiger partial charge in [0.25, 0.3) is 0 Å². The third-order valence-electron chi connectivity index (χ3n) is 4.35. The molecule has 0 saturated heterocycles. The molecule has 2 aromatic heterocycles. The van der Waals surface area contributed by atoms with Crippen molar-refractivity contribution in [3.8, 4) is 11.4 Å². The van der Waals surface area contributed by atoms with Crippen LogP contribution in [-0.2, 0) is 4.79 Å². The van der Waals surface area contributed by atoms with Gasteiger partial charge in [-0.05, 0) is 49.2 Å². The summed E-state index contributed by atoms with van der Waals surface area (Å²) in [6.45, 7) is 4.00. The van der Waals surface area contributed by atoms with Gasteiger partial charge in [0.15, 0.2) is 11.2 Å². The number of methoxy groups -OCH3 is 1. The second-order valence-electron chi connectivity index (χ2n) is 6.77. The molecule has 0 aliphatic rings. The number of carbonyl (C=O) groups excluding carboxylic acids is 1. The third kappa shape index (κ3) is 4.25. The van der Waals surface area contributed by atoms with E-state index in [4.69, 9.17) is 4.74 Å². The van der Waals surface area contributed by atoms with Gasteiger partial charge in [-0.3, -0.25) is 4.79 Å². The zero-order valence-electron chi connectivity index (χ0n) is 16.8. The lowest BCUT2D eigenvalue weighted by molar-refractivity contribution is -0.113. The van der Waals surface area contributed by atoms with Crippen LogP contribution in [0.1, 0.15) is 11.1 Å². The molecule has 0 radical (unpaired) electrons. The Kier molecular flexibility index (Phi) is 5.62. The van der Waals surface area contributed by atoms with Crippen molar-refractivity contribution in [1.29, 1.82) is 0 Å². The standard InChI is InChI=1S/C21H20N6O2S/c1-13-7-14(2)9-15(8-13)24-18(28)11-30-21-19-20(22-12-23-21)27(26-25-19)16-5-4-6-17(10-16)29-3/h4-10,12H,11H2,1-3H3,(H,24,28). The largest absolute Gasteiger partial charge is 0.497 e. The van der Waals surface area contributed by atoms with Gasteiger partial charge in [-0.25, -0.2) is 9.97 Å². The number of benzene rings is 2. The quantitative estimate of drug-likeness (QED) is 0.376. The summed E-state index contributed by atoms with van der Waals surface area (Å²) in [5, 5.41) is 12.0. The molecule has 0 aliphatic heterocycles. The van der Waals surface area contributed by atoms with E-state index in [1.807, 2.05) is 50.2 Å². The molecule has 0 bridgehead atoms. The van der Waals surface area contributed by atoms with Crippen LogP contribution in [-0.4, -0.2) is 43.7 Å². The Morgan fingerprint density at radius 2 is 1.93 bits per heavy atom. The van der Waals surface area contributed by atoms with Crippen LogP contribution in [0.5, 0.6) is 5.75 Å². The zero-order valence-corrected chi connectivity index (χ0v) is 17.6. The number of fused-ring (bicyclic) bond motifs is 1. The minimum atomic E-state index is -0.114. The first-order valence-electron chi connectivity index (χ1n) is 9.25. The Hall–Kier alpha value is -3.46. The van der Waals surface area contributed by atoms with E-state index in [9.17, 15) is 4.79 Å². The number of nitrogens with zero attached hydrogens (tertiary/aromatic N) is 5. The zero-order chi connectivity index (χ0) is 21.1. The van der Waals surface area contributed by atoms with E-state index in [2.05, 4.69) is 31.7 Å². The molecular formula is C21H20N6O2S. The highest BCUT2D eigenvalue weighted by molar-refractivity contribution is 8.00. The molecule has 4 aromatic rings. The fourth-order valence-corrected chi connectivity index (χ4v) is 3.86. The van der Waals surface area contributed by atoms with Crippen molar-refractivity contribution in [3.63, 3.8) is 0 Å². The normalized spacial score (nSPS) is 10.9. The molecule has 0 spiro atoms. The summed E-state index contributed by atoms with van der Waals surface area (Å²) in [5.41, 5.74) is 4.88. The maximum absolute atomic E-state index is 12.4. The van der Waals surface area contributed by atoms with Crippen molar-refractivity contribution in [1.82, 2.24) is 25.0 Å². The average molecular weight is 420 g/mol. The van der Waals surface area contributed by atoms with E-state index in [1.54, 1.807) is 11.8 Å². The monoisotopic (exact) mass is 420 g/mol. The lowest BCUT2D eigenvalue weighted by Crippen LogP contribution is -2.14. The average Bonchev–Trinajstić information content (AvgIpc) is 3.16. The molecule has 4 rings (SSSR count). The van der Waals surface area contributed by atoms with Crippen LogP contribution >= 0.6 is 11.8 Å². The maximum Gasteiger partial charge on any atom is 0.234 e. The molecule has 1 N–H and O–H groups in total. The number of ether oxygens (including phenoxy) is 1. The van der Waals surface area contributed by atoms with E-state index in [0.29, 0.717) is 21.9 Å². The summed E-state index contributed by atoms with van der Waals surface area (Å²) in [6.07, 6.45) is 1.45. The molecule has 9 heteroatoms. The van der Waals surface area contributed by atoms with Crippen molar-refractivity contribution in [3.05, 3.63) is 59.9 Å². The van der Waals surface area contributed by atoms with Gasteiger partial charge in [0, 0.05) is 11.8 Å². The fourth-order valence-electron chi connectivity index (χ4n) is 3.13. The highest BCUT2D eigenvalue weighted by atomic mass is 32.2. The van der Waals surface area contributed by atoms with Crippen LogP contribution in [0.3, 0.4) is 0 Å². The number of anilines is 1. The van der Waals surface area contributed by atoms with Crippen molar-refractivity contribution in [2.24, 2.45) is 0 Å². The molecule has 0 atom stereocenters. The van der Waals surface area contributed by atoms with Crippen molar-refractivity contribution in [2.75, 3.05) is 18.2 Å². The van der Waals surface area contributed by atoms with Crippen molar-refractivity contribution in [2.45, 2.75) is 18.9 Å². The first-order chi connectivity index (χ1) is 14.5. The minimum Gasteiger partial charge on any atom is -0.497 e. The highest BCUT2D eigenvalue weighted by Gasteiger charge is 2.15. The Balaban J connectivity index is 1.52. The highest BCUT2D eigenvalue weighted by Crippen LogP contribution is 2.25. The lowest BCUT2D eigenvalue weighted by atomic mass is 10.1. The van der Waals surface area contributed by atoms with E-state index < -0.39 is 0 Å². The van der Waals surface area contributed by atoms with Gasteiger partial charge >= 0.3 is 0 Å². The summed E-state index contributed by atoms with van der Waals surface area (Å²) in [5.74, 6) is 0.797. The van der Waals surface area contributed by atoms with Gasteiger partial charge in [-0.15, -0.1) is 5.10 Å². The molecule has 8 nitrogen and oxygen atoms in total. The molecule has 152 valence electrons. The molecule has 2 aromatic carbocycles. The van der Waals surface area contributed by atoms with Crippen LogP contribution in [0.4, 0.5) is 5.69 Å². The van der Waals surface area contributed by atoms with E-state index in [-0.39, 0.29) is 11.7 Å². The topological polar surface area (TPSA) is 94.8 Å². The smallest absolute Gasteiger partial charge is 0.234 e. The second kappa shape index (κ2) is 8.50. The first-order valence-corrected chi connectivity index (χ1v) is 10.2. The molecule has 0 unspecified atom stereocenters. The summed E-state index contributed by atoms with van der Waals surface area (Å²) in [6, 6.07) is 13.4. The lowest BCUT2D eigenvalue weighted by Gasteiger charge is -2.07. The van der Waals surface area contributed by atoms with Gasteiger partial charge < -0.3 is 10.1 Å². The number of hydrogen-bond donors (Lipinski definition) is 1. The molecule has 30 heavy (non-hydrogen) atoms. The predicted octanol–water partition coefficient (Wildman–Crippen LogP) is 3.57. The maximum atomic E-state index is 12.4. The van der Waals surface area contributed by atoms with Gasteiger partial charge in [-0.2, -0.15) is 4.68 Å². The van der Waals surface area contributed by atoms with Gasteiger partial charge in [0.2, 0.25) is 5.91 Å². The van der Waals surface area contributed by atoms with Gasteiger partial charge in [-0.1, -0.05) is 29.1 Å². The summed E-state index contributed by atoms with van der Waals surface area (Å²) < 4.78 is 6.90. The Morgan fingerprint density at radius 1 is 1.13 bits per heavy atom. The van der Waals surface area contributed by atoms with E-state index in [0.717, 1.165) is 22.5 Å². The number of carbonyl (C=O) groups is 1. The Morgan fingerprint density at radius 3 is 2.70 bits per heavy atom. The predicted molar refractivity (Wildman–Crippen MR) is 116 cm³/mol. The number of amides is 1. The number of nitrogens with one attached hydrogen (secondary N) is 1. The van der Waals surface area contributed by atoms with Gasteiger partial charge in [0.05, 0.1) is 18.6 Å². The van der Waals surface area contributed by atoms with E-state index in [1.165, 1.54) is 18.1 Å². The number of aromatic nitrogens is 5. The first kappa shape index (κ1) is 19.8. The number of thioether (sulfide) groups is 1. The van der Waals surface area contributed by atoms with Crippen molar-refractivity contribution >= 4 is 34.5 Å². The molecule has 1 amide bonds.